The van der Waals surface area contributed by atoms with E-state index in [9.17, 15) is 4.79 Å². The maximum absolute atomic E-state index is 10.4. The quantitative estimate of drug-likeness (QED) is 0.335. The summed E-state index contributed by atoms with van der Waals surface area (Å²) in [4.78, 5) is 10.4. The van der Waals surface area contributed by atoms with Crippen molar-refractivity contribution in [3.8, 4) is 0 Å². The zero-order valence-electron chi connectivity index (χ0n) is 4.59. The van der Waals surface area contributed by atoms with Gasteiger partial charge < -0.3 is 5.43 Å². The highest BCUT2D eigenvalue weighted by molar-refractivity contribution is 5.36. The lowest BCUT2D eigenvalue weighted by Crippen LogP contribution is -2.12. The number of aromatic nitrogens is 2. The number of hydrazine groups is 1. The molecule has 0 atom stereocenters. The zero-order chi connectivity index (χ0) is 6.69. The first kappa shape index (κ1) is 5.77. The number of rotatable bonds is 1. The van der Waals surface area contributed by atoms with Gasteiger partial charge in [0.15, 0.2) is 0 Å². The van der Waals surface area contributed by atoms with E-state index in [1.807, 2.05) is 0 Å². The van der Waals surface area contributed by atoms with Gasteiger partial charge in [-0.1, -0.05) is 0 Å². The van der Waals surface area contributed by atoms with Crippen molar-refractivity contribution in [3.63, 3.8) is 0 Å². The van der Waals surface area contributed by atoms with Crippen LogP contribution in [0.1, 0.15) is 0 Å². The van der Waals surface area contributed by atoms with Crippen LogP contribution < -0.4 is 16.8 Å². The summed E-state index contributed by atoms with van der Waals surface area (Å²) in [6, 6.07) is 1.31. The monoisotopic (exact) mass is 126 g/mol. The lowest BCUT2D eigenvalue weighted by molar-refractivity contribution is 0.986. The number of nitrogen functional groups attached to an aromatic ring is 1. The lowest BCUT2D eigenvalue weighted by atomic mass is 10.5. The Bertz CT molecular complexity index is 242. The molecule has 0 bridgehead atoms. The minimum absolute atomic E-state index is 0.273. The normalized spacial score (nSPS) is 9.00. The van der Waals surface area contributed by atoms with E-state index < -0.39 is 0 Å². The third kappa shape index (κ3) is 1.26. The molecule has 0 saturated heterocycles. The highest BCUT2D eigenvalue weighted by Gasteiger charge is 1.86. The standard InChI is InChI=1S/C4H6N4O/c5-7-3-1-4(9)8-6-2-3/h1-2H,5H2,(H2,7,8,9). The van der Waals surface area contributed by atoms with Crippen LogP contribution in [-0.4, -0.2) is 10.2 Å². The summed E-state index contributed by atoms with van der Waals surface area (Å²) in [7, 11) is 0. The molecule has 4 N–H and O–H groups in total. The van der Waals surface area contributed by atoms with Gasteiger partial charge in [-0.2, -0.15) is 5.10 Å². The minimum atomic E-state index is -0.273. The SMILES string of the molecule is NNc1cn[nH]c(=O)c1. The van der Waals surface area contributed by atoms with Crippen LogP contribution in [0.15, 0.2) is 17.1 Å². The second-order valence-electron chi connectivity index (χ2n) is 1.48. The summed E-state index contributed by atoms with van der Waals surface area (Å²) in [5, 5.41) is 5.68. The molecule has 5 nitrogen and oxygen atoms in total. The van der Waals surface area contributed by atoms with Crippen LogP contribution in [0.4, 0.5) is 5.69 Å². The molecule has 0 amide bonds. The van der Waals surface area contributed by atoms with Gasteiger partial charge in [-0.3, -0.25) is 10.6 Å². The minimum Gasteiger partial charge on any atom is -0.322 e. The van der Waals surface area contributed by atoms with E-state index in [-0.39, 0.29) is 5.56 Å². The van der Waals surface area contributed by atoms with Crippen LogP contribution in [0.3, 0.4) is 0 Å². The summed E-state index contributed by atoms with van der Waals surface area (Å²) < 4.78 is 0. The number of hydrogen-bond donors (Lipinski definition) is 3. The van der Waals surface area contributed by atoms with Crippen molar-refractivity contribution in [1.29, 1.82) is 0 Å². The van der Waals surface area contributed by atoms with Crippen LogP contribution >= 0.6 is 0 Å². The molecular formula is C4H6N4O. The summed E-state index contributed by atoms with van der Waals surface area (Å²) in [6.45, 7) is 0. The fourth-order valence-corrected chi connectivity index (χ4v) is 0.455. The Morgan fingerprint density at radius 1 is 1.78 bits per heavy atom. The predicted octanol–water partition coefficient (Wildman–Crippen LogP) is -0.945. The zero-order valence-corrected chi connectivity index (χ0v) is 4.59. The molecule has 0 unspecified atom stereocenters. The third-order valence-corrected chi connectivity index (χ3v) is 0.832. The largest absolute Gasteiger partial charge is 0.322 e. The number of hydrogen-bond acceptors (Lipinski definition) is 4. The predicted molar refractivity (Wildman–Crippen MR) is 32.7 cm³/mol. The Hall–Kier alpha value is -1.36. The van der Waals surface area contributed by atoms with Crippen molar-refractivity contribution < 1.29 is 0 Å². The van der Waals surface area contributed by atoms with Crippen LogP contribution in [0.5, 0.6) is 0 Å². The van der Waals surface area contributed by atoms with Gasteiger partial charge in [0.1, 0.15) is 0 Å². The van der Waals surface area contributed by atoms with E-state index >= 15 is 0 Å². The van der Waals surface area contributed by atoms with E-state index in [1.165, 1.54) is 12.3 Å². The van der Waals surface area contributed by atoms with Crippen LogP contribution in [0.25, 0.3) is 0 Å². The van der Waals surface area contributed by atoms with E-state index in [0.29, 0.717) is 5.69 Å². The van der Waals surface area contributed by atoms with Gasteiger partial charge in [-0.15, -0.1) is 0 Å². The lowest BCUT2D eigenvalue weighted by Gasteiger charge is -1.92. The fourth-order valence-electron chi connectivity index (χ4n) is 0.455. The summed E-state index contributed by atoms with van der Waals surface area (Å²) in [6.07, 6.45) is 1.42. The van der Waals surface area contributed by atoms with E-state index in [1.54, 1.807) is 0 Å². The maximum atomic E-state index is 10.4. The molecule has 5 heteroatoms. The van der Waals surface area contributed by atoms with Gasteiger partial charge in [0.25, 0.3) is 5.56 Å². The molecule has 0 aliphatic carbocycles. The first-order valence-electron chi connectivity index (χ1n) is 2.34. The van der Waals surface area contributed by atoms with Gasteiger partial charge in [0.2, 0.25) is 0 Å². The van der Waals surface area contributed by atoms with E-state index in [4.69, 9.17) is 5.84 Å². The molecule has 0 aliphatic rings. The second-order valence-corrected chi connectivity index (χ2v) is 1.48. The summed E-state index contributed by atoms with van der Waals surface area (Å²) in [5.74, 6) is 4.98. The average Bonchev–Trinajstić information content (AvgIpc) is 1.88. The number of nitrogens with zero attached hydrogens (tertiary/aromatic N) is 1. The third-order valence-electron chi connectivity index (χ3n) is 0.832. The molecule has 1 aromatic rings. The Morgan fingerprint density at radius 3 is 3.00 bits per heavy atom. The molecule has 0 aromatic carbocycles. The number of H-pyrrole nitrogens is 1. The average molecular weight is 126 g/mol. The molecule has 0 aliphatic heterocycles. The number of aromatic amines is 1. The van der Waals surface area contributed by atoms with Gasteiger partial charge in [0, 0.05) is 6.07 Å². The van der Waals surface area contributed by atoms with E-state index in [2.05, 4.69) is 15.6 Å². The van der Waals surface area contributed by atoms with Crippen LogP contribution in [0.2, 0.25) is 0 Å². The summed E-state index contributed by atoms with van der Waals surface area (Å²) >= 11 is 0. The van der Waals surface area contributed by atoms with Gasteiger partial charge in [-0.05, 0) is 0 Å². The molecule has 1 heterocycles. The Balaban J connectivity index is 3.08. The van der Waals surface area contributed by atoms with Gasteiger partial charge in [0.05, 0.1) is 11.9 Å². The molecule has 0 spiro atoms. The smallest absolute Gasteiger partial charge is 0.266 e. The van der Waals surface area contributed by atoms with Crippen molar-refractivity contribution in [2.75, 3.05) is 5.43 Å². The Labute approximate surface area is 50.9 Å². The molecular weight excluding hydrogens is 120 g/mol. The van der Waals surface area contributed by atoms with Crippen molar-refractivity contribution in [3.05, 3.63) is 22.6 Å². The molecule has 1 aromatic heterocycles. The molecule has 0 fully saturated rings. The molecule has 0 saturated carbocycles. The maximum Gasteiger partial charge on any atom is 0.266 e. The fraction of sp³-hybridized carbons (Fsp3) is 0. The van der Waals surface area contributed by atoms with Gasteiger partial charge in [-0.25, -0.2) is 5.10 Å². The highest BCUT2D eigenvalue weighted by Crippen LogP contribution is 1.92. The molecule has 0 radical (unpaired) electrons. The Kier molecular flexibility index (Phi) is 1.46. The molecule has 9 heavy (non-hydrogen) atoms. The van der Waals surface area contributed by atoms with Crippen molar-refractivity contribution in [2.45, 2.75) is 0 Å². The molecule has 1 rings (SSSR count). The van der Waals surface area contributed by atoms with Crippen molar-refractivity contribution in [1.82, 2.24) is 10.2 Å². The molecule has 48 valence electrons. The van der Waals surface area contributed by atoms with Gasteiger partial charge >= 0.3 is 0 Å². The van der Waals surface area contributed by atoms with E-state index in [0.717, 1.165) is 0 Å². The first-order chi connectivity index (χ1) is 4.33. The summed E-state index contributed by atoms with van der Waals surface area (Å²) in [5.41, 5.74) is 2.51. The van der Waals surface area contributed by atoms with Crippen LogP contribution in [-0.2, 0) is 0 Å². The van der Waals surface area contributed by atoms with Crippen molar-refractivity contribution in [2.24, 2.45) is 5.84 Å². The number of anilines is 1. The second kappa shape index (κ2) is 2.27. The van der Waals surface area contributed by atoms with Crippen molar-refractivity contribution >= 4 is 5.69 Å². The number of nitrogens with one attached hydrogen (secondary N) is 2. The topological polar surface area (TPSA) is 83.8 Å². The van der Waals surface area contributed by atoms with Crippen LogP contribution in [0, 0.1) is 0 Å². The highest BCUT2D eigenvalue weighted by atomic mass is 16.1. The Morgan fingerprint density at radius 2 is 2.56 bits per heavy atom. The number of nitrogens with two attached hydrogens (primary N) is 1. The first-order valence-corrected chi connectivity index (χ1v) is 2.34.